The van der Waals surface area contributed by atoms with Crippen LogP contribution in [0, 0.1) is 5.82 Å². The molecule has 0 unspecified atom stereocenters. The second-order valence-electron chi connectivity index (χ2n) is 4.46. The van der Waals surface area contributed by atoms with Gasteiger partial charge in [0, 0.05) is 17.6 Å². The van der Waals surface area contributed by atoms with Gasteiger partial charge in [-0.1, -0.05) is 28.8 Å². The number of halogens is 2. The summed E-state index contributed by atoms with van der Waals surface area (Å²) in [4.78, 5) is 13.8. The largest absolute Gasteiger partial charge is 0.325 e. The summed E-state index contributed by atoms with van der Waals surface area (Å²) in [5.41, 5.74) is 0.221. The molecular weight excluding hydrogens is 299 g/mol. The molecule has 1 saturated heterocycles. The number of hydrogen-bond donors (Lipinski definition) is 1. The SMILES string of the molecule is O=C(Nc1cc(Br)ccc1F)N1CCCCCC1. The van der Waals surface area contributed by atoms with Crippen LogP contribution in [0.5, 0.6) is 0 Å². The summed E-state index contributed by atoms with van der Waals surface area (Å²) in [5.74, 6) is -0.415. The zero-order valence-electron chi connectivity index (χ0n) is 10.1. The summed E-state index contributed by atoms with van der Waals surface area (Å²) in [6.07, 6.45) is 4.37. The van der Waals surface area contributed by atoms with E-state index in [9.17, 15) is 9.18 Å². The van der Waals surface area contributed by atoms with Gasteiger partial charge in [0.15, 0.2) is 0 Å². The first kappa shape index (κ1) is 13.3. The summed E-state index contributed by atoms with van der Waals surface area (Å²) < 4.78 is 14.3. The van der Waals surface area contributed by atoms with Crippen molar-refractivity contribution in [1.29, 1.82) is 0 Å². The van der Waals surface area contributed by atoms with Crippen molar-refractivity contribution < 1.29 is 9.18 Å². The Hall–Kier alpha value is -1.10. The molecule has 18 heavy (non-hydrogen) atoms. The fourth-order valence-corrected chi connectivity index (χ4v) is 2.42. The van der Waals surface area contributed by atoms with E-state index in [-0.39, 0.29) is 11.7 Å². The second kappa shape index (κ2) is 6.18. The molecule has 2 rings (SSSR count). The van der Waals surface area contributed by atoms with Crippen LogP contribution in [0.25, 0.3) is 0 Å². The number of nitrogens with one attached hydrogen (secondary N) is 1. The number of amides is 2. The number of nitrogens with zero attached hydrogens (tertiary/aromatic N) is 1. The molecule has 1 aliphatic rings. The summed E-state index contributed by atoms with van der Waals surface area (Å²) in [6, 6.07) is 4.30. The van der Waals surface area contributed by atoms with E-state index in [2.05, 4.69) is 21.2 Å². The Morgan fingerprint density at radius 1 is 1.22 bits per heavy atom. The first-order valence-electron chi connectivity index (χ1n) is 6.18. The molecule has 0 atom stereocenters. The van der Waals surface area contributed by atoms with Crippen LogP contribution < -0.4 is 5.32 Å². The molecule has 0 saturated carbocycles. The van der Waals surface area contributed by atoms with Gasteiger partial charge in [-0.25, -0.2) is 9.18 Å². The van der Waals surface area contributed by atoms with Gasteiger partial charge in [-0.15, -0.1) is 0 Å². The molecule has 1 heterocycles. The maximum absolute atomic E-state index is 13.5. The molecule has 0 spiro atoms. The third-order valence-corrected chi connectivity index (χ3v) is 3.56. The first-order chi connectivity index (χ1) is 8.66. The van der Waals surface area contributed by atoms with Gasteiger partial charge in [0.05, 0.1) is 5.69 Å². The van der Waals surface area contributed by atoms with Crippen LogP contribution in [0.4, 0.5) is 14.9 Å². The van der Waals surface area contributed by atoms with Gasteiger partial charge in [-0.05, 0) is 31.0 Å². The van der Waals surface area contributed by atoms with E-state index in [1.165, 1.54) is 6.07 Å². The van der Waals surface area contributed by atoms with Crippen LogP contribution >= 0.6 is 15.9 Å². The van der Waals surface area contributed by atoms with Crippen molar-refractivity contribution in [3.8, 4) is 0 Å². The molecular formula is C13H16BrFN2O. The third-order valence-electron chi connectivity index (χ3n) is 3.06. The molecule has 2 amide bonds. The molecule has 1 fully saturated rings. The van der Waals surface area contributed by atoms with Gasteiger partial charge >= 0.3 is 6.03 Å². The highest BCUT2D eigenvalue weighted by atomic mass is 79.9. The first-order valence-corrected chi connectivity index (χ1v) is 6.97. The molecule has 1 aromatic rings. The lowest BCUT2D eigenvalue weighted by Gasteiger charge is -2.21. The minimum Gasteiger partial charge on any atom is -0.325 e. The van der Waals surface area contributed by atoms with Crippen molar-refractivity contribution in [1.82, 2.24) is 4.90 Å². The van der Waals surface area contributed by atoms with Crippen LogP contribution in [0.15, 0.2) is 22.7 Å². The average molecular weight is 315 g/mol. The molecule has 3 nitrogen and oxygen atoms in total. The molecule has 1 aromatic carbocycles. The predicted octanol–water partition coefficient (Wildman–Crippen LogP) is 4.00. The lowest BCUT2D eigenvalue weighted by Crippen LogP contribution is -2.35. The average Bonchev–Trinajstić information content (AvgIpc) is 2.62. The molecule has 1 N–H and O–H groups in total. The summed E-state index contributed by atoms with van der Waals surface area (Å²) in [6.45, 7) is 1.50. The van der Waals surface area contributed by atoms with Gasteiger partial charge in [-0.3, -0.25) is 0 Å². The van der Waals surface area contributed by atoms with E-state index in [0.717, 1.165) is 43.2 Å². The highest BCUT2D eigenvalue weighted by Gasteiger charge is 2.16. The molecule has 0 bridgehead atoms. The van der Waals surface area contributed by atoms with Crippen molar-refractivity contribution >= 4 is 27.6 Å². The van der Waals surface area contributed by atoms with E-state index in [1.54, 1.807) is 17.0 Å². The standard InChI is InChI=1S/C13H16BrFN2O/c14-10-5-6-11(15)12(9-10)16-13(18)17-7-3-1-2-4-8-17/h5-6,9H,1-4,7-8H2,(H,16,18). The lowest BCUT2D eigenvalue weighted by atomic mass is 10.2. The lowest BCUT2D eigenvalue weighted by molar-refractivity contribution is 0.213. The predicted molar refractivity (Wildman–Crippen MR) is 73.2 cm³/mol. The summed E-state index contributed by atoms with van der Waals surface area (Å²) >= 11 is 3.26. The third kappa shape index (κ3) is 3.45. The Morgan fingerprint density at radius 2 is 1.89 bits per heavy atom. The molecule has 1 aliphatic heterocycles. The fraction of sp³-hybridized carbons (Fsp3) is 0.462. The van der Waals surface area contributed by atoms with E-state index in [4.69, 9.17) is 0 Å². The highest BCUT2D eigenvalue weighted by Crippen LogP contribution is 2.21. The topological polar surface area (TPSA) is 32.3 Å². The van der Waals surface area contributed by atoms with Gasteiger partial charge in [0.25, 0.3) is 0 Å². The van der Waals surface area contributed by atoms with Crippen molar-refractivity contribution in [2.24, 2.45) is 0 Å². The Morgan fingerprint density at radius 3 is 2.56 bits per heavy atom. The quantitative estimate of drug-likeness (QED) is 0.835. The monoisotopic (exact) mass is 314 g/mol. The Balaban J connectivity index is 2.03. The van der Waals surface area contributed by atoms with E-state index in [1.807, 2.05) is 0 Å². The highest BCUT2D eigenvalue weighted by molar-refractivity contribution is 9.10. The zero-order valence-corrected chi connectivity index (χ0v) is 11.7. The Bertz CT molecular complexity index is 431. The molecule has 0 aromatic heterocycles. The van der Waals surface area contributed by atoms with E-state index < -0.39 is 5.82 Å². The number of anilines is 1. The van der Waals surface area contributed by atoms with E-state index in [0.29, 0.717) is 0 Å². The number of likely N-dealkylation sites (tertiary alicyclic amines) is 1. The minimum absolute atomic E-state index is 0.214. The second-order valence-corrected chi connectivity index (χ2v) is 5.37. The normalized spacial score (nSPS) is 16.2. The van der Waals surface area contributed by atoms with Crippen molar-refractivity contribution in [3.63, 3.8) is 0 Å². The smallest absolute Gasteiger partial charge is 0.321 e. The number of benzene rings is 1. The maximum Gasteiger partial charge on any atom is 0.321 e. The number of rotatable bonds is 1. The summed E-state index contributed by atoms with van der Waals surface area (Å²) in [7, 11) is 0. The van der Waals surface area contributed by atoms with Crippen molar-refractivity contribution in [2.75, 3.05) is 18.4 Å². The van der Waals surface area contributed by atoms with Crippen LogP contribution in [-0.2, 0) is 0 Å². The number of carbonyl (C=O) groups excluding carboxylic acids is 1. The Kier molecular flexibility index (Phi) is 4.58. The van der Waals surface area contributed by atoms with Crippen molar-refractivity contribution in [2.45, 2.75) is 25.7 Å². The van der Waals surface area contributed by atoms with Gasteiger partial charge < -0.3 is 10.2 Å². The number of urea groups is 1. The van der Waals surface area contributed by atoms with Crippen LogP contribution in [0.3, 0.4) is 0 Å². The molecule has 0 aliphatic carbocycles. The number of hydrogen-bond acceptors (Lipinski definition) is 1. The minimum atomic E-state index is -0.415. The van der Waals surface area contributed by atoms with Gasteiger partial charge in [0.2, 0.25) is 0 Å². The van der Waals surface area contributed by atoms with Crippen LogP contribution in [0.2, 0.25) is 0 Å². The number of carbonyl (C=O) groups is 1. The summed E-state index contributed by atoms with van der Waals surface area (Å²) in [5, 5.41) is 2.63. The molecule has 0 radical (unpaired) electrons. The van der Waals surface area contributed by atoms with Gasteiger partial charge in [-0.2, -0.15) is 0 Å². The fourth-order valence-electron chi connectivity index (χ4n) is 2.06. The Labute approximate surface area is 114 Å². The zero-order chi connectivity index (χ0) is 13.0. The van der Waals surface area contributed by atoms with Gasteiger partial charge in [0.1, 0.15) is 5.82 Å². The van der Waals surface area contributed by atoms with Crippen LogP contribution in [0.1, 0.15) is 25.7 Å². The maximum atomic E-state index is 13.5. The molecule has 98 valence electrons. The van der Waals surface area contributed by atoms with E-state index >= 15 is 0 Å². The molecule has 5 heteroatoms. The van der Waals surface area contributed by atoms with Crippen LogP contribution in [-0.4, -0.2) is 24.0 Å². The van der Waals surface area contributed by atoms with Crippen molar-refractivity contribution in [3.05, 3.63) is 28.5 Å².